The lowest BCUT2D eigenvalue weighted by atomic mass is 10.1. The van der Waals surface area contributed by atoms with Gasteiger partial charge in [0.15, 0.2) is 10.7 Å². The third-order valence-electron chi connectivity index (χ3n) is 5.02. The molecule has 0 radical (unpaired) electrons. The van der Waals surface area contributed by atoms with Gasteiger partial charge in [0.2, 0.25) is 5.91 Å². The van der Waals surface area contributed by atoms with Crippen molar-refractivity contribution in [2.45, 2.75) is 18.2 Å². The monoisotopic (exact) mass is 383 g/mol. The average molecular weight is 383 g/mol. The third-order valence-corrected chi connectivity index (χ3v) is 6.51. The number of benzene rings is 2. The van der Waals surface area contributed by atoms with Crippen LogP contribution in [0.4, 0.5) is 11.4 Å². The molecule has 140 valence electrons. The predicted octanol–water partition coefficient (Wildman–Crippen LogP) is 2.23. The molecule has 2 aliphatic rings. The molecule has 0 saturated carbocycles. The zero-order valence-electron chi connectivity index (χ0n) is 15.1. The Morgan fingerprint density at radius 2 is 1.78 bits per heavy atom. The maximum Gasteiger partial charge on any atom is 0.228 e. The molecule has 2 aromatic carbocycles. The first-order valence-corrected chi connectivity index (χ1v) is 10.1. The van der Waals surface area contributed by atoms with Crippen molar-refractivity contribution in [3.05, 3.63) is 53.6 Å². The van der Waals surface area contributed by atoms with E-state index in [2.05, 4.69) is 10.2 Å². The number of anilines is 2. The van der Waals surface area contributed by atoms with Crippen molar-refractivity contribution in [1.29, 1.82) is 0 Å². The van der Waals surface area contributed by atoms with E-state index in [1.165, 1.54) is 0 Å². The number of carbonyl (C=O) groups is 2. The second kappa shape index (κ2) is 7.34. The predicted molar refractivity (Wildman–Crippen MR) is 105 cm³/mol. The number of hydrogen-bond acceptors (Lipinski definition) is 5. The van der Waals surface area contributed by atoms with E-state index in [1.54, 1.807) is 6.92 Å². The molecule has 7 heteroatoms. The van der Waals surface area contributed by atoms with Crippen molar-refractivity contribution >= 4 is 34.4 Å². The minimum atomic E-state index is -1.23. The third kappa shape index (κ3) is 3.71. The van der Waals surface area contributed by atoms with Gasteiger partial charge in [0.05, 0.1) is 30.9 Å². The molecule has 1 unspecified atom stereocenters. The minimum Gasteiger partial charge on any atom is -0.593 e. The van der Waals surface area contributed by atoms with E-state index in [4.69, 9.17) is 0 Å². The van der Waals surface area contributed by atoms with Crippen molar-refractivity contribution in [3.63, 3.8) is 0 Å². The number of hydrogen-bond donors (Lipinski definition) is 1. The lowest BCUT2D eigenvalue weighted by Gasteiger charge is -2.35. The van der Waals surface area contributed by atoms with Gasteiger partial charge in [-0.1, -0.05) is 0 Å². The van der Waals surface area contributed by atoms with Crippen LogP contribution in [0.5, 0.6) is 0 Å². The molecule has 0 aromatic heterocycles. The summed E-state index contributed by atoms with van der Waals surface area (Å²) in [5.41, 5.74) is 3.52. The number of Topliss-reactive ketones (excluding diaryl/α,β-unsaturated/α-hetero) is 1. The Balaban J connectivity index is 1.39. The Morgan fingerprint density at radius 1 is 1.07 bits per heavy atom. The average Bonchev–Trinajstić information content (AvgIpc) is 3.07. The van der Waals surface area contributed by atoms with E-state index in [0.717, 1.165) is 34.9 Å². The van der Waals surface area contributed by atoms with Crippen LogP contribution >= 0.6 is 0 Å². The van der Waals surface area contributed by atoms with Crippen molar-refractivity contribution in [2.24, 2.45) is 0 Å². The standard InChI is InChI=1S/C20H21N3O3S/c1-14(24)15-2-4-17(5-3-15)22-8-10-23(11-9-22)27(26)18-6-7-19-16(12-18)13-20(25)21-19/h2-7,12H,8-11,13H2,1H3,(H,21,25). The number of nitrogens with one attached hydrogen (secondary N) is 1. The molecule has 1 atom stereocenters. The molecule has 4 rings (SSSR count). The highest BCUT2D eigenvalue weighted by Gasteiger charge is 2.29. The molecular weight excluding hydrogens is 362 g/mol. The Hall–Kier alpha value is -2.35. The first-order chi connectivity index (χ1) is 13.0. The first-order valence-electron chi connectivity index (χ1n) is 8.97. The summed E-state index contributed by atoms with van der Waals surface area (Å²) < 4.78 is 14.9. The number of amides is 1. The summed E-state index contributed by atoms with van der Waals surface area (Å²) >= 11 is -1.23. The number of piperazine rings is 1. The van der Waals surface area contributed by atoms with Crippen molar-refractivity contribution < 1.29 is 14.1 Å². The molecular formula is C20H21N3O3S. The molecule has 0 bridgehead atoms. The fourth-order valence-corrected chi connectivity index (χ4v) is 4.70. The van der Waals surface area contributed by atoms with Gasteiger partial charge in [-0.2, -0.15) is 0 Å². The van der Waals surface area contributed by atoms with Crippen LogP contribution < -0.4 is 10.2 Å². The van der Waals surface area contributed by atoms with Crippen molar-refractivity contribution in [3.8, 4) is 0 Å². The molecule has 2 aliphatic heterocycles. The molecule has 1 amide bonds. The molecule has 1 saturated heterocycles. The van der Waals surface area contributed by atoms with Gasteiger partial charge >= 0.3 is 0 Å². The summed E-state index contributed by atoms with van der Waals surface area (Å²) in [6, 6.07) is 13.2. The van der Waals surface area contributed by atoms with Gasteiger partial charge in [-0.05, 0) is 48.9 Å². The van der Waals surface area contributed by atoms with E-state index in [1.807, 2.05) is 46.8 Å². The normalized spacial score (nSPS) is 18.1. The molecule has 1 fully saturated rings. The maximum absolute atomic E-state index is 12.9. The molecule has 2 heterocycles. The van der Waals surface area contributed by atoms with Gasteiger partial charge in [0, 0.05) is 36.1 Å². The number of rotatable bonds is 4. The fraction of sp³-hybridized carbons (Fsp3) is 0.300. The van der Waals surface area contributed by atoms with Crippen LogP contribution in [0.1, 0.15) is 22.8 Å². The first kappa shape index (κ1) is 18.0. The summed E-state index contributed by atoms with van der Waals surface area (Å²) in [6.07, 6.45) is 0.352. The van der Waals surface area contributed by atoms with E-state index in [-0.39, 0.29) is 11.7 Å². The summed E-state index contributed by atoms with van der Waals surface area (Å²) in [7, 11) is 0. The van der Waals surface area contributed by atoms with Gasteiger partial charge in [-0.3, -0.25) is 9.59 Å². The number of fused-ring (bicyclic) bond motifs is 1. The highest BCUT2D eigenvalue weighted by atomic mass is 32.2. The molecule has 2 aromatic rings. The van der Waals surface area contributed by atoms with Crippen molar-refractivity contribution in [1.82, 2.24) is 4.31 Å². The highest BCUT2D eigenvalue weighted by molar-refractivity contribution is 7.89. The van der Waals surface area contributed by atoms with Crippen LogP contribution in [0.2, 0.25) is 0 Å². The van der Waals surface area contributed by atoms with E-state index >= 15 is 0 Å². The van der Waals surface area contributed by atoms with Crippen LogP contribution in [-0.2, 0) is 22.6 Å². The highest BCUT2D eigenvalue weighted by Crippen LogP contribution is 2.28. The van der Waals surface area contributed by atoms with Crippen LogP contribution in [0.15, 0.2) is 47.4 Å². The number of carbonyl (C=O) groups excluding carboxylic acids is 2. The summed E-state index contributed by atoms with van der Waals surface area (Å²) in [5.74, 6) is 0.0466. The van der Waals surface area contributed by atoms with Crippen LogP contribution in [0, 0.1) is 0 Å². The number of nitrogens with zero attached hydrogens (tertiary/aromatic N) is 2. The molecule has 1 N–H and O–H groups in total. The quantitative estimate of drug-likeness (QED) is 0.647. The second-order valence-electron chi connectivity index (χ2n) is 6.81. The minimum absolute atomic E-state index is 0.0164. The van der Waals surface area contributed by atoms with Crippen LogP contribution in [-0.4, -0.2) is 46.7 Å². The SMILES string of the molecule is CC(=O)c1ccc(N2CCN([S+]([O-])c3ccc4c(c3)CC(=O)N4)CC2)cc1. The van der Waals surface area contributed by atoms with Crippen LogP contribution in [0.3, 0.4) is 0 Å². The molecule has 0 spiro atoms. The topological polar surface area (TPSA) is 75.7 Å². The van der Waals surface area contributed by atoms with Gasteiger partial charge < -0.3 is 14.8 Å². The summed E-state index contributed by atoms with van der Waals surface area (Å²) in [4.78, 5) is 25.9. The van der Waals surface area contributed by atoms with Crippen molar-refractivity contribution in [2.75, 3.05) is 36.4 Å². The lowest BCUT2D eigenvalue weighted by molar-refractivity contribution is -0.115. The molecule has 0 aliphatic carbocycles. The number of ketones is 1. The van der Waals surface area contributed by atoms with E-state index in [9.17, 15) is 14.1 Å². The smallest absolute Gasteiger partial charge is 0.228 e. The van der Waals surface area contributed by atoms with Gasteiger partial charge in [0.25, 0.3) is 0 Å². The largest absolute Gasteiger partial charge is 0.593 e. The Morgan fingerprint density at radius 3 is 2.44 bits per heavy atom. The summed E-state index contributed by atoms with van der Waals surface area (Å²) in [5, 5.41) is 2.80. The Bertz CT molecular complexity index is 877. The summed E-state index contributed by atoms with van der Waals surface area (Å²) in [6.45, 7) is 4.49. The second-order valence-corrected chi connectivity index (χ2v) is 8.30. The van der Waals surface area contributed by atoms with E-state index in [0.29, 0.717) is 25.1 Å². The Labute approximate surface area is 161 Å². The van der Waals surface area contributed by atoms with Crippen LogP contribution in [0.25, 0.3) is 0 Å². The van der Waals surface area contributed by atoms with Gasteiger partial charge in [0.1, 0.15) is 0 Å². The lowest BCUT2D eigenvalue weighted by Crippen LogP contribution is -2.48. The Kier molecular flexibility index (Phi) is 4.90. The maximum atomic E-state index is 12.9. The molecule has 27 heavy (non-hydrogen) atoms. The van der Waals surface area contributed by atoms with Gasteiger partial charge in [-0.15, -0.1) is 4.31 Å². The zero-order chi connectivity index (χ0) is 19.0. The van der Waals surface area contributed by atoms with Gasteiger partial charge in [-0.25, -0.2) is 0 Å². The molecule has 6 nitrogen and oxygen atoms in total. The zero-order valence-corrected chi connectivity index (χ0v) is 15.9. The fourth-order valence-electron chi connectivity index (χ4n) is 3.48. The van der Waals surface area contributed by atoms with E-state index < -0.39 is 11.4 Å².